The van der Waals surface area contributed by atoms with Crippen molar-refractivity contribution < 1.29 is 9.53 Å². The number of anilines is 1. The van der Waals surface area contributed by atoms with Gasteiger partial charge >= 0.3 is 0 Å². The average molecular weight is 521 g/mol. The number of rotatable bonds is 6. The van der Waals surface area contributed by atoms with E-state index in [1.54, 1.807) is 28.7 Å². The molecule has 1 amide bonds. The summed E-state index contributed by atoms with van der Waals surface area (Å²) in [6, 6.07) is 11.6. The number of fused-ring (bicyclic) bond motifs is 1. The number of pyridine rings is 1. The van der Waals surface area contributed by atoms with Crippen LogP contribution in [0.5, 0.6) is 5.75 Å². The summed E-state index contributed by atoms with van der Waals surface area (Å²) in [6.07, 6.45) is 7.44. The highest BCUT2D eigenvalue weighted by Gasteiger charge is 2.32. The Labute approximate surface area is 219 Å². The maximum Gasteiger partial charge on any atom is 0.267 e. The molecule has 186 valence electrons. The number of benzene rings is 1. The van der Waals surface area contributed by atoms with Crippen molar-refractivity contribution in [2.75, 3.05) is 31.6 Å². The van der Waals surface area contributed by atoms with Gasteiger partial charge in [0.25, 0.3) is 11.5 Å². The van der Waals surface area contributed by atoms with Gasteiger partial charge in [0, 0.05) is 25.8 Å². The standard InChI is InChI=1S/C27H28N4O3S2/c1-18-6-11-23-28-24(29-13-4-3-5-14-29)21(25(32)31(23)17-18)16-22-26(33)30(27(35)36-22)15-12-19-7-9-20(34-2)10-8-19/h6-11,16-17H,3-5,12-15H2,1-2H3/b22-16-. The summed E-state index contributed by atoms with van der Waals surface area (Å²) in [4.78, 5) is 36.1. The van der Waals surface area contributed by atoms with E-state index >= 15 is 0 Å². The molecule has 0 N–H and O–H groups in total. The third-order valence-electron chi connectivity index (χ3n) is 6.57. The van der Waals surface area contributed by atoms with Gasteiger partial charge in [-0.25, -0.2) is 4.98 Å². The summed E-state index contributed by atoms with van der Waals surface area (Å²) in [6.45, 7) is 4.11. The van der Waals surface area contributed by atoms with E-state index in [1.807, 2.05) is 43.3 Å². The van der Waals surface area contributed by atoms with Crippen LogP contribution in [0.1, 0.15) is 36.0 Å². The Morgan fingerprint density at radius 2 is 1.83 bits per heavy atom. The maximum absolute atomic E-state index is 13.6. The van der Waals surface area contributed by atoms with Crippen LogP contribution in [0, 0.1) is 6.92 Å². The number of ether oxygens (including phenoxy) is 1. The minimum Gasteiger partial charge on any atom is -0.497 e. The van der Waals surface area contributed by atoms with Crippen LogP contribution in [0.25, 0.3) is 11.7 Å². The van der Waals surface area contributed by atoms with Crippen LogP contribution >= 0.6 is 24.0 Å². The molecule has 1 aromatic carbocycles. The molecule has 3 aromatic rings. The summed E-state index contributed by atoms with van der Waals surface area (Å²) in [5, 5.41) is 0. The maximum atomic E-state index is 13.6. The van der Waals surface area contributed by atoms with Gasteiger partial charge in [-0.2, -0.15) is 0 Å². The lowest BCUT2D eigenvalue weighted by atomic mass is 10.1. The molecule has 4 heterocycles. The van der Waals surface area contributed by atoms with Crippen LogP contribution in [0.4, 0.5) is 5.82 Å². The highest BCUT2D eigenvalue weighted by molar-refractivity contribution is 8.26. The number of methoxy groups -OCH3 is 1. The molecule has 9 heteroatoms. The number of aromatic nitrogens is 2. The highest BCUT2D eigenvalue weighted by Crippen LogP contribution is 2.34. The summed E-state index contributed by atoms with van der Waals surface area (Å²) >= 11 is 6.79. The number of amides is 1. The first-order valence-electron chi connectivity index (χ1n) is 12.1. The third-order valence-corrected chi connectivity index (χ3v) is 7.95. The van der Waals surface area contributed by atoms with Crippen molar-refractivity contribution in [1.82, 2.24) is 14.3 Å². The molecule has 0 bridgehead atoms. The minimum atomic E-state index is -0.173. The number of aryl methyl sites for hydroxylation is 1. The Bertz CT molecular complexity index is 1410. The van der Waals surface area contributed by atoms with E-state index in [0.717, 1.165) is 42.8 Å². The Morgan fingerprint density at radius 1 is 1.08 bits per heavy atom. The van der Waals surface area contributed by atoms with Crippen molar-refractivity contribution in [3.63, 3.8) is 0 Å². The number of carbonyl (C=O) groups is 1. The van der Waals surface area contributed by atoms with Gasteiger partial charge in [0.05, 0.1) is 17.6 Å². The second kappa shape index (κ2) is 10.4. The van der Waals surface area contributed by atoms with Gasteiger partial charge in [0.1, 0.15) is 21.5 Å². The van der Waals surface area contributed by atoms with Crippen LogP contribution < -0.4 is 15.2 Å². The van der Waals surface area contributed by atoms with Crippen LogP contribution in [0.3, 0.4) is 0 Å². The average Bonchev–Trinajstić information content (AvgIpc) is 3.17. The van der Waals surface area contributed by atoms with Crippen molar-refractivity contribution in [2.45, 2.75) is 32.6 Å². The molecule has 7 nitrogen and oxygen atoms in total. The third kappa shape index (κ3) is 4.90. The number of hydrogen-bond donors (Lipinski definition) is 0. The molecule has 0 radical (unpaired) electrons. The fourth-order valence-electron chi connectivity index (χ4n) is 4.58. The molecular weight excluding hydrogens is 492 g/mol. The number of thioether (sulfide) groups is 1. The van der Waals surface area contributed by atoms with Crippen LogP contribution in [0.2, 0.25) is 0 Å². The molecule has 0 saturated carbocycles. The molecule has 0 spiro atoms. The SMILES string of the molecule is COc1ccc(CCN2C(=O)/C(=C/c3c(N4CCCCC4)nc4ccc(C)cn4c3=O)SC2=S)cc1. The Balaban J connectivity index is 1.47. The molecule has 0 aliphatic carbocycles. The summed E-state index contributed by atoms with van der Waals surface area (Å²) in [5.74, 6) is 1.27. The molecule has 0 atom stereocenters. The van der Waals surface area contributed by atoms with Crippen LogP contribution in [0.15, 0.2) is 52.3 Å². The summed E-state index contributed by atoms with van der Waals surface area (Å²) in [5.41, 5.74) is 2.93. The molecule has 36 heavy (non-hydrogen) atoms. The normalized spacial score (nSPS) is 17.4. The van der Waals surface area contributed by atoms with E-state index in [4.69, 9.17) is 21.9 Å². The van der Waals surface area contributed by atoms with E-state index in [9.17, 15) is 9.59 Å². The zero-order valence-electron chi connectivity index (χ0n) is 20.4. The smallest absolute Gasteiger partial charge is 0.267 e. The zero-order valence-corrected chi connectivity index (χ0v) is 22.0. The molecule has 2 aliphatic heterocycles. The topological polar surface area (TPSA) is 67.2 Å². The second-order valence-electron chi connectivity index (χ2n) is 9.07. The van der Waals surface area contributed by atoms with Crippen LogP contribution in [-0.2, 0) is 11.2 Å². The Hall–Kier alpha value is -3.17. The van der Waals surface area contributed by atoms with Gasteiger partial charge in [0.2, 0.25) is 0 Å². The number of carbonyl (C=O) groups excluding carboxylic acids is 1. The predicted octanol–water partition coefficient (Wildman–Crippen LogP) is 4.45. The fraction of sp³-hybridized carbons (Fsp3) is 0.333. The predicted molar refractivity (Wildman–Crippen MR) is 149 cm³/mol. The van der Waals surface area contributed by atoms with Gasteiger partial charge in [-0.1, -0.05) is 42.2 Å². The zero-order chi connectivity index (χ0) is 25.2. The molecule has 2 saturated heterocycles. The quantitative estimate of drug-likeness (QED) is 0.352. The molecule has 2 fully saturated rings. The van der Waals surface area contributed by atoms with E-state index in [0.29, 0.717) is 39.2 Å². The van der Waals surface area contributed by atoms with Crippen molar-refractivity contribution in [3.8, 4) is 5.75 Å². The van der Waals surface area contributed by atoms with E-state index in [1.165, 1.54) is 18.2 Å². The number of nitrogens with zero attached hydrogens (tertiary/aromatic N) is 4. The van der Waals surface area contributed by atoms with Crippen molar-refractivity contribution in [3.05, 3.63) is 74.5 Å². The van der Waals surface area contributed by atoms with Crippen molar-refractivity contribution in [2.24, 2.45) is 0 Å². The van der Waals surface area contributed by atoms with Gasteiger partial charge in [-0.05, 0) is 68.0 Å². The first-order chi connectivity index (χ1) is 17.4. The summed E-state index contributed by atoms with van der Waals surface area (Å²) in [7, 11) is 1.64. The molecular formula is C27H28N4O3S2. The Morgan fingerprint density at radius 3 is 2.56 bits per heavy atom. The monoisotopic (exact) mass is 520 g/mol. The first-order valence-corrected chi connectivity index (χ1v) is 13.3. The van der Waals surface area contributed by atoms with Gasteiger partial charge < -0.3 is 9.64 Å². The van der Waals surface area contributed by atoms with Gasteiger partial charge in [-0.3, -0.25) is 18.9 Å². The summed E-state index contributed by atoms with van der Waals surface area (Å²) < 4.78 is 7.29. The van der Waals surface area contributed by atoms with Gasteiger partial charge in [-0.15, -0.1) is 0 Å². The lowest BCUT2D eigenvalue weighted by Crippen LogP contribution is -2.33. The lowest BCUT2D eigenvalue weighted by Gasteiger charge is -2.29. The minimum absolute atomic E-state index is 0.170. The highest BCUT2D eigenvalue weighted by atomic mass is 32.2. The Kier molecular flexibility index (Phi) is 7.11. The van der Waals surface area contributed by atoms with Crippen LogP contribution in [-0.4, -0.2) is 51.3 Å². The van der Waals surface area contributed by atoms with E-state index in [-0.39, 0.29) is 11.5 Å². The van der Waals surface area contributed by atoms with E-state index < -0.39 is 0 Å². The molecule has 2 aromatic heterocycles. The van der Waals surface area contributed by atoms with Crippen molar-refractivity contribution in [1.29, 1.82) is 0 Å². The molecule has 5 rings (SSSR count). The number of hydrogen-bond acceptors (Lipinski definition) is 7. The molecule has 0 unspecified atom stereocenters. The number of piperidine rings is 1. The lowest BCUT2D eigenvalue weighted by molar-refractivity contribution is -0.122. The second-order valence-corrected chi connectivity index (χ2v) is 10.7. The van der Waals surface area contributed by atoms with Crippen molar-refractivity contribution >= 4 is 51.7 Å². The van der Waals surface area contributed by atoms with E-state index in [2.05, 4.69) is 4.90 Å². The van der Waals surface area contributed by atoms with Gasteiger partial charge in [0.15, 0.2) is 0 Å². The number of thiocarbonyl (C=S) groups is 1. The largest absolute Gasteiger partial charge is 0.497 e. The first kappa shape index (κ1) is 24.5. The fourth-order valence-corrected chi connectivity index (χ4v) is 5.87. The molecule has 2 aliphatic rings.